The van der Waals surface area contributed by atoms with Crippen molar-refractivity contribution >= 4 is 5.69 Å². The fourth-order valence-corrected chi connectivity index (χ4v) is 2.68. The quantitative estimate of drug-likeness (QED) is 0.745. The van der Waals surface area contributed by atoms with Gasteiger partial charge in [-0.3, -0.25) is 4.98 Å². The van der Waals surface area contributed by atoms with Gasteiger partial charge in [-0.25, -0.2) is 4.39 Å². The van der Waals surface area contributed by atoms with E-state index in [1.165, 1.54) is 12.6 Å². The van der Waals surface area contributed by atoms with Gasteiger partial charge in [0.05, 0.1) is 18.1 Å². The average Bonchev–Trinajstić information content (AvgIpc) is 2.54. The predicted molar refractivity (Wildman–Crippen MR) is 56.3 cm³/mol. The third kappa shape index (κ3) is 1.59. The van der Waals surface area contributed by atoms with Gasteiger partial charge >= 0.3 is 0 Å². The lowest BCUT2D eigenvalue weighted by atomic mass is 10.0. The molecule has 2 fully saturated rings. The number of hydrogen-bond acceptors (Lipinski definition) is 3. The number of piperidine rings is 1. The summed E-state index contributed by atoms with van der Waals surface area (Å²) in [6.45, 7) is 3.13. The Bertz CT molecular complexity index is 369. The minimum atomic E-state index is -0.248. The van der Waals surface area contributed by atoms with Crippen LogP contribution in [0.2, 0.25) is 0 Å². The van der Waals surface area contributed by atoms with E-state index in [-0.39, 0.29) is 5.82 Å². The van der Waals surface area contributed by atoms with E-state index >= 15 is 0 Å². The van der Waals surface area contributed by atoms with E-state index < -0.39 is 0 Å². The second kappa shape index (κ2) is 3.45. The first-order chi connectivity index (χ1) is 7.33. The molecule has 1 N–H and O–H groups in total. The molecule has 0 aliphatic carbocycles. The molecule has 3 nitrogen and oxygen atoms in total. The molecule has 0 radical (unpaired) electrons. The van der Waals surface area contributed by atoms with E-state index in [1.54, 1.807) is 12.3 Å². The number of nitrogens with one attached hydrogen (secondary N) is 1. The lowest BCUT2D eigenvalue weighted by Crippen LogP contribution is -2.39. The number of anilines is 1. The summed E-state index contributed by atoms with van der Waals surface area (Å²) in [5.74, 6) is 0.467. The number of fused-ring (bicyclic) bond motifs is 2. The minimum absolute atomic E-state index is 0.248. The van der Waals surface area contributed by atoms with Crippen LogP contribution in [-0.2, 0) is 0 Å². The van der Waals surface area contributed by atoms with Crippen LogP contribution in [0.15, 0.2) is 18.5 Å². The Hall–Kier alpha value is -1.16. The van der Waals surface area contributed by atoms with Gasteiger partial charge in [0, 0.05) is 25.2 Å². The van der Waals surface area contributed by atoms with Crippen molar-refractivity contribution in [2.45, 2.75) is 12.5 Å². The maximum Gasteiger partial charge on any atom is 0.143 e. The third-order valence-corrected chi connectivity index (χ3v) is 3.34. The lowest BCUT2D eigenvalue weighted by Gasteiger charge is -2.26. The average molecular weight is 207 g/mol. The monoisotopic (exact) mass is 207 g/mol. The Kier molecular flexibility index (Phi) is 2.09. The van der Waals surface area contributed by atoms with Crippen LogP contribution in [0, 0.1) is 11.7 Å². The maximum atomic E-state index is 13.1. The van der Waals surface area contributed by atoms with Crippen LogP contribution in [0.5, 0.6) is 0 Å². The molecule has 2 bridgehead atoms. The molecule has 2 atom stereocenters. The van der Waals surface area contributed by atoms with Crippen molar-refractivity contribution in [2.24, 2.45) is 5.92 Å². The van der Waals surface area contributed by atoms with E-state index in [9.17, 15) is 4.39 Å². The fourth-order valence-electron chi connectivity index (χ4n) is 2.68. The number of nitrogens with zero attached hydrogens (tertiary/aromatic N) is 2. The molecular formula is C11H14FN3. The molecule has 0 aromatic carbocycles. The van der Waals surface area contributed by atoms with Crippen molar-refractivity contribution < 1.29 is 4.39 Å². The van der Waals surface area contributed by atoms with Crippen LogP contribution in [0.3, 0.4) is 0 Å². The van der Waals surface area contributed by atoms with E-state index in [2.05, 4.69) is 15.2 Å². The van der Waals surface area contributed by atoms with Gasteiger partial charge in [-0.05, 0) is 18.9 Å². The van der Waals surface area contributed by atoms with Gasteiger partial charge in [0.1, 0.15) is 5.82 Å². The third-order valence-electron chi connectivity index (χ3n) is 3.34. The summed E-state index contributed by atoms with van der Waals surface area (Å²) in [6.07, 6.45) is 4.23. The van der Waals surface area contributed by atoms with E-state index in [4.69, 9.17) is 0 Å². The summed E-state index contributed by atoms with van der Waals surface area (Å²) in [5, 5.41) is 3.41. The molecule has 2 saturated heterocycles. The summed E-state index contributed by atoms with van der Waals surface area (Å²) < 4.78 is 13.1. The van der Waals surface area contributed by atoms with Crippen LogP contribution in [-0.4, -0.2) is 30.7 Å². The molecule has 3 rings (SSSR count). The van der Waals surface area contributed by atoms with Gasteiger partial charge in [0.2, 0.25) is 0 Å². The Labute approximate surface area is 88.3 Å². The first kappa shape index (κ1) is 9.09. The van der Waals surface area contributed by atoms with Crippen LogP contribution in [0.1, 0.15) is 6.42 Å². The van der Waals surface area contributed by atoms with Crippen LogP contribution < -0.4 is 10.2 Å². The Morgan fingerprint density at radius 3 is 3.13 bits per heavy atom. The first-order valence-corrected chi connectivity index (χ1v) is 5.41. The van der Waals surface area contributed by atoms with E-state index in [0.717, 1.165) is 25.3 Å². The normalized spacial score (nSPS) is 29.5. The molecule has 0 saturated carbocycles. The topological polar surface area (TPSA) is 28.2 Å². The summed E-state index contributed by atoms with van der Waals surface area (Å²) in [4.78, 5) is 6.18. The second-order valence-corrected chi connectivity index (χ2v) is 4.43. The molecule has 3 heterocycles. The number of aromatic nitrogens is 1. The van der Waals surface area contributed by atoms with Gasteiger partial charge < -0.3 is 10.2 Å². The molecule has 0 amide bonds. The van der Waals surface area contributed by atoms with Crippen molar-refractivity contribution in [1.29, 1.82) is 0 Å². The van der Waals surface area contributed by atoms with E-state index in [1.807, 2.05) is 0 Å². The largest absolute Gasteiger partial charge is 0.366 e. The van der Waals surface area contributed by atoms with Crippen LogP contribution >= 0.6 is 0 Å². The zero-order valence-corrected chi connectivity index (χ0v) is 8.49. The molecular weight excluding hydrogens is 193 g/mol. The summed E-state index contributed by atoms with van der Waals surface area (Å²) in [6, 6.07) is 2.10. The highest BCUT2D eigenvalue weighted by Crippen LogP contribution is 2.30. The molecule has 2 unspecified atom stereocenters. The molecule has 1 aromatic heterocycles. The molecule has 15 heavy (non-hydrogen) atoms. The zero-order valence-electron chi connectivity index (χ0n) is 8.49. The molecule has 1 aromatic rings. The SMILES string of the molecule is Fc1cncc(N2CC3CNCC2C3)c1. The van der Waals surface area contributed by atoms with Crippen molar-refractivity contribution in [3.8, 4) is 0 Å². The number of pyridine rings is 1. The second-order valence-electron chi connectivity index (χ2n) is 4.43. The van der Waals surface area contributed by atoms with Crippen molar-refractivity contribution in [3.63, 3.8) is 0 Å². The van der Waals surface area contributed by atoms with Crippen LogP contribution in [0.4, 0.5) is 10.1 Å². The van der Waals surface area contributed by atoms with Gasteiger partial charge in [-0.1, -0.05) is 0 Å². The molecule has 80 valence electrons. The Morgan fingerprint density at radius 1 is 1.40 bits per heavy atom. The van der Waals surface area contributed by atoms with Gasteiger partial charge in [-0.2, -0.15) is 0 Å². The Balaban J connectivity index is 1.88. The highest BCUT2D eigenvalue weighted by Gasteiger charge is 2.35. The van der Waals surface area contributed by atoms with E-state index in [0.29, 0.717) is 12.0 Å². The standard InChI is InChI=1S/C11H14FN3/c12-9-2-11(6-14-4-9)15-7-8-1-10(15)5-13-3-8/h2,4,6,8,10,13H,1,3,5,7H2. The summed E-state index contributed by atoms with van der Waals surface area (Å²) >= 11 is 0. The Morgan fingerprint density at radius 2 is 2.33 bits per heavy atom. The molecule has 2 aliphatic rings. The highest BCUT2D eigenvalue weighted by atomic mass is 19.1. The van der Waals surface area contributed by atoms with Gasteiger partial charge in [0.25, 0.3) is 0 Å². The first-order valence-electron chi connectivity index (χ1n) is 5.41. The summed E-state index contributed by atoms with van der Waals surface area (Å²) in [7, 11) is 0. The molecule has 0 spiro atoms. The minimum Gasteiger partial charge on any atom is -0.366 e. The predicted octanol–water partition coefficient (Wildman–Crippen LogP) is 1.02. The van der Waals surface area contributed by atoms with Crippen molar-refractivity contribution in [2.75, 3.05) is 24.5 Å². The van der Waals surface area contributed by atoms with Crippen molar-refractivity contribution in [1.82, 2.24) is 10.3 Å². The smallest absolute Gasteiger partial charge is 0.143 e. The van der Waals surface area contributed by atoms with Gasteiger partial charge in [0.15, 0.2) is 0 Å². The fraction of sp³-hybridized carbons (Fsp3) is 0.545. The number of halogens is 1. The van der Waals surface area contributed by atoms with Crippen molar-refractivity contribution in [3.05, 3.63) is 24.3 Å². The molecule has 4 heteroatoms. The zero-order chi connectivity index (χ0) is 10.3. The summed E-state index contributed by atoms with van der Waals surface area (Å²) in [5.41, 5.74) is 0.922. The van der Waals surface area contributed by atoms with Crippen LogP contribution in [0.25, 0.3) is 0 Å². The maximum absolute atomic E-state index is 13.1. The molecule has 2 aliphatic heterocycles. The number of hydrogen-bond donors (Lipinski definition) is 1. The number of rotatable bonds is 1. The van der Waals surface area contributed by atoms with Gasteiger partial charge in [-0.15, -0.1) is 0 Å². The lowest BCUT2D eigenvalue weighted by molar-refractivity contribution is 0.434. The highest BCUT2D eigenvalue weighted by molar-refractivity contribution is 5.47.